The van der Waals surface area contributed by atoms with Gasteiger partial charge in [-0.3, -0.25) is 4.79 Å². The number of phenols is 3. The molecule has 0 radical (unpaired) electrons. The molecule has 2 aliphatic carbocycles. The number of esters is 1. The largest absolute Gasteiger partial charge is 0.508 e. The number of hydrogen-bond donors (Lipinski definition) is 3. The van der Waals surface area contributed by atoms with Gasteiger partial charge >= 0.3 is 5.97 Å². The molecule has 11 atom stereocenters. The second-order valence-electron chi connectivity index (χ2n) is 36.1. The molecule has 11 heteroatoms. The lowest BCUT2D eigenvalue weighted by molar-refractivity contribution is -0.131. The molecule has 8 aromatic carbocycles. The minimum Gasteiger partial charge on any atom is -0.508 e. The smallest absolute Gasteiger partial charge is 0.308 e. The van der Waals surface area contributed by atoms with E-state index in [2.05, 4.69) is 230 Å². The molecule has 11 nitrogen and oxygen atoms in total. The maximum atomic E-state index is 10.7. The summed E-state index contributed by atoms with van der Waals surface area (Å²) in [5, 5.41) is 27.0. The first kappa shape index (κ1) is 109. The molecular weight excluding hydrogens is 1520 g/mol. The van der Waals surface area contributed by atoms with Gasteiger partial charge in [-0.1, -0.05) is 319 Å². The van der Waals surface area contributed by atoms with Gasteiger partial charge in [-0.05, 0) is 290 Å². The van der Waals surface area contributed by atoms with E-state index in [9.17, 15) is 4.79 Å². The summed E-state index contributed by atoms with van der Waals surface area (Å²) in [6.45, 7) is 56.0. The van der Waals surface area contributed by atoms with Gasteiger partial charge < -0.3 is 48.5 Å². The third-order valence-corrected chi connectivity index (χ3v) is 24.5. The highest BCUT2D eigenvalue weighted by atomic mass is 16.7. The van der Waals surface area contributed by atoms with Crippen molar-refractivity contribution in [3.8, 4) is 40.2 Å². The van der Waals surface area contributed by atoms with Crippen molar-refractivity contribution in [2.75, 3.05) is 19.8 Å². The molecule has 0 saturated heterocycles. The third kappa shape index (κ3) is 46.6. The third-order valence-electron chi connectivity index (χ3n) is 24.5. The van der Waals surface area contributed by atoms with Crippen LogP contribution in [0.25, 0.3) is 0 Å². The Bertz CT molecular complexity index is 3690. The van der Waals surface area contributed by atoms with E-state index in [1.165, 1.54) is 153 Å². The molecule has 2 aliphatic rings. The van der Waals surface area contributed by atoms with Crippen molar-refractivity contribution in [2.24, 2.45) is 17.8 Å². The van der Waals surface area contributed by atoms with Crippen LogP contribution in [0.5, 0.6) is 40.2 Å². The summed E-state index contributed by atoms with van der Waals surface area (Å²) < 4.78 is 39.6. The number of phenolic OH excluding ortho intramolecular Hbond substituents is 3. The van der Waals surface area contributed by atoms with E-state index in [-0.39, 0.29) is 30.3 Å². The highest BCUT2D eigenvalue weighted by Crippen LogP contribution is 2.33. The molecular formula is C112H170O11. The molecule has 684 valence electrons. The molecule has 123 heavy (non-hydrogen) atoms. The van der Waals surface area contributed by atoms with E-state index < -0.39 is 0 Å². The summed E-state index contributed by atoms with van der Waals surface area (Å²) >= 11 is 0. The first-order valence-electron chi connectivity index (χ1n) is 47.6. The molecule has 10 rings (SSSR count). The lowest BCUT2D eigenvalue weighted by Crippen LogP contribution is -2.19. The Morgan fingerprint density at radius 1 is 0.309 bits per heavy atom. The van der Waals surface area contributed by atoms with Gasteiger partial charge in [0.05, 0.1) is 19.8 Å². The maximum absolute atomic E-state index is 10.7. The summed E-state index contributed by atoms with van der Waals surface area (Å²) in [6, 6.07) is 64.3. The Morgan fingerprint density at radius 2 is 0.520 bits per heavy atom. The Morgan fingerprint density at radius 3 is 0.732 bits per heavy atom. The Hall–Kier alpha value is -8.09. The number of ether oxygens (including phenoxy) is 7. The highest BCUT2D eigenvalue weighted by Gasteiger charge is 2.19. The van der Waals surface area contributed by atoms with Crippen molar-refractivity contribution >= 4 is 5.97 Å². The van der Waals surface area contributed by atoms with Crippen LogP contribution in [0.1, 0.15) is 399 Å². The van der Waals surface area contributed by atoms with Crippen LogP contribution in [0.15, 0.2) is 194 Å². The number of carbonyl (C=O) groups excluding carboxylic acids is 1. The van der Waals surface area contributed by atoms with Crippen LogP contribution in [0.4, 0.5) is 0 Å². The van der Waals surface area contributed by atoms with Gasteiger partial charge in [-0.2, -0.15) is 0 Å². The normalized spacial score (nSPS) is 15.3. The van der Waals surface area contributed by atoms with E-state index in [1.54, 1.807) is 36.4 Å². The molecule has 11 unspecified atom stereocenters. The van der Waals surface area contributed by atoms with Crippen LogP contribution in [-0.2, 0) is 24.4 Å². The zero-order valence-electron chi connectivity index (χ0n) is 81.4. The topological polar surface area (TPSA) is 142 Å². The van der Waals surface area contributed by atoms with E-state index >= 15 is 0 Å². The minimum atomic E-state index is -0.277. The molecule has 3 N–H and O–H groups in total. The first-order valence-corrected chi connectivity index (χ1v) is 47.6. The number of carbonyl (C=O) groups is 1. The quantitative estimate of drug-likeness (QED) is 0.0202. The molecule has 2 fully saturated rings. The van der Waals surface area contributed by atoms with E-state index in [0.29, 0.717) is 76.3 Å². The van der Waals surface area contributed by atoms with E-state index in [1.807, 2.05) is 93.6 Å². The first-order chi connectivity index (χ1) is 58.7. The molecule has 0 bridgehead atoms. The second kappa shape index (κ2) is 62.1. The lowest BCUT2D eigenvalue weighted by atomic mass is 9.85. The van der Waals surface area contributed by atoms with Crippen molar-refractivity contribution in [3.63, 3.8) is 0 Å². The molecule has 0 heterocycles. The molecule has 0 spiro atoms. The second-order valence-corrected chi connectivity index (χ2v) is 36.1. The molecule has 8 aromatic rings. The number of hydrogen-bond acceptors (Lipinski definition) is 11. The maximum Gasteiger partial charge on any atom is 0.308 e. The predicted molar refractivity (Wildman–Crippen MR) is 522 cm³/mol. The van der Waals surface area contributed by atoms with Crippen LogP contribution in [0.2, 0.25) is 0 Å². The Balaban J connectivity index is 0.000000368. The summed E-state index contributed by atoms with van der Waals surface area (Å²) in [7, 11) is 0. The standard InChI is InChI=1S/2C20H32O2.C16H26O2.C14H22.C12H16O2.3C10H14O/c2*1-4-16(2)19-10-12-20(13-11-19)22-17(3)21-15-14-18-8-6-5-7-9-18;1-6-13(4)15-7-9-16(10-8-15)18-14(5)17-11-12(2)3;1-6-11(2)12-7-9-13(10-8-12)14(3,4)5;1-4-9(2)11-5-7-12(8-6-11)14-10(3)13;3*1-3-8(2)9-4-6-10(11)7-5-9/h2*10-13,16-18H,4-9,14-15H2,1-3H3;7-10,12-14H,6,11H2,1-5H3;7-11H,6H2,1-5H3;5-9H,4H2,1-3H3;3*4-8,11H,3H2,1-2H3. The van der Waals surface area contributed by atoms with Crippen LogP contribution in [0, 0.1) is 17.8 Å². The number of aromatic hydroxyl groups is 3. The van der Waals surface area contributed by atoms with E-state index in [0.717, 1.165) is 81.0 Å². The lowest BCUT2D eigenvalue weighted by Gasteiger charge is -2.22. The van der Waals surface area contributed by atoms with Crippen LogP contribution in [0.3, 0.4) is 0 Å². The fourth-order valence-corrected chi connectivity index (χ4v) is 14.0. The SMILES string of the molecule is CCC(C)c1ccc(C(C)(C)C)cc1.CCC(C)c1ccc(O)cc1.CCC(C)c1ccc(O)cc1.CCC(C)c1ccc(O)cc1.CCC(C)c1ccc(OC(C)=O)cc1.CCC(C)c1ccc(OC(C)OCC(C)C)cc1.CCC(C)c1ccc(OC(C)OCCC2CCCCC2)cc1.CCC(C)c1ccc(OC(C)OCCC2CCCCC2)cc1. The van der Waals surface area contributed by atoms with Crippen LogP contribution < -0.4 is 18.9 Å². The van der Waals surface area contributed by atoms with Gasteiger partial charge in [0.1, 0.15) is 40.2 Å². The zero-order chi connectivity index (χ0) is 91.2. The zero-order valence-corrected chi connectivity index (χ0v) is 81.4. The summed E-state index contributed by atoms with van der Waals surface area (Å²) in [6.07, 6.45) is 25.1. The summed E-state index contributed by atoms with van der Waals surface area (Å²) in [5.41, 5.74) is 12.4. The molecule has 2 saturated carbocycles. The van der Waals surface area contributed by atoms with Crippen molar-refractivity contribution < 1.29 is 53.3 Å². The van der Waals surface area contributed by atoms with Gasteiger partial charge in [0, 0.05) is 6.92 Å². The monoisotopic (exact) mass is 1690 g/mol. The van der Waals surface area contributed by atoms with Crippen molar-refractivity contribution in [1.82, 2.24) is 0 Å². The Labute approximate surface area is 750 Å². The van der Waals surface area contributed by atoms with Crippen molar-refractivity contribution in [1.29, 1.82) is 0 Å². The van der Waals surface area contributed by atoms with Gasteiger partial charge in [-0.15, -0.1) is 0 Å². The summed E-state index contributed by atoms with van der Waals surface area (Å²) in [5.74, 6) is 11.2. The molecule has 0 aliphatic heterocycles. The highest BCUT2D eigenvalue weighted by molar-refractivity contribution is 5.69. The number of rotatable bonds is 34. The van der Waals surface area contributed by atoms with Gasteiger partial charge in [0.15, 0.2) is 18.9 Å². The predicted octanol–water partition coefficient (Wildman–Crippen LogP) is 32.8. The van der Waals surface area contributed by atoms with Gasteiger partial charge in [0.2, 0.25) is 0 Å². The molecule has 0 amide bonds. The molecule has 0 aromatic heterocycles. The van der Waals surface area contributed by atoms with Gasteiger partial charge in [-0.25, -0.2) is 0 Å². The fourth-order valence-electron chi connectivity index (χ4n) is 14.0. The average Bonchev–Trinajstić information content (AvgIpc) is 0.848. The number of benzene rings is 8. The van der Waals surface area contributed by atoms with Crippen molar-refractivity contribution in [2.45, 2.75) is 373 Å². The van der Waals surface area contributed by atoms with E-state index in [4.69, 9.17) is 48.5 Å². The summed E-state index contributed by atoms with van der Waals surface area (Å²) in [4.78, 5) is 10.7. The van der Waals surface area contributed by atoms with Crippen LogP contribution in [-0.4, -0.2) is 60.0 Å². The van der Waals surface area contributed by atoms with Gasteiger partial charge in [0.25, 0.3) is 0 Å². The van der Waals surface area contributed by atoms with Crippen LogP contribution >= 0.6 is 0 Å². The Kier molecular flexibility index (Phi) is 55.1. The fraction of sp³-hybridized carbons (Fsp3) is 0.562. The minimum absolute atomic E-state index is 0.168. The average molecular weight is 1690 g/mol. The van der Waals surface area contributed by atoms with Crippen molar-refractivity contribution in [3.05, 3.63) is 244 Å².